The van der Waals surface area contributed by atoms with Crippen molar-refractivity contribution in [2.75, 3.05) is 27.2 Å². The molecular formula is C14H21ClN2O2. The Labute approximate surface area is 119 Å². The molecule has 1 aliphatic rings. The molecule has 1 aliphatic heterocycles. The van der Waals surface area contributed by atoms with E-state index in [0.29, 0.717) is 23.4 Å². The van der Waals surface area contributed by atoms with Crippen LogP contribution in [0.3, 0.4) is 0 Å². The van der Waals surface area contributed by atoms with E-state index in [-0.39, 0.29) is 5.75 Å². The topological polar surface area (TPSA) is 44.7 Å². The van der Waals surface area contributed by atoms with Crippen LogP contribution in [0.2, 0.25) is 5.02 Å². The summed E-state index contributed by atoms with van der Waals surface area (Å²) in [5.74, 6) is 0.611. The number of phenols is 1. The molecule has 1 unspecified atom stereocenters. The number of hydrogen-bond donors (Lipinski definition) is 2. The average Bonchev–Trinajstić information content (AvgIpc) is 2.43. The normalized spacial score (nSPS) is 19.7. The number of nitrogens with zero attached hydrogens (tertiary/aromatic N) is 1. The number of hydrogen-bond acceptors (Lipinski definition) is 4. The Hall–Kier alpha value is -0.970. The predicted molar refractivity (Wildman–Crippen MR) is 77.0 cm³/mol. The molecule has 106 valence electrons. The van der Waals surface area contributed by atoms with E-state index in [1.54, 1.807) is 12.1 Å². The zero-order valence-corrected chi connectivity index (χ0v) is 12.2. The number of nitrogens with one attached hydrogen (secondary N) is 1. The molecule has 0 spiro atoms. The monoisotopic (exact) mass is 284 g/mol. The second-order valence-corrected chi connectivity index (χ2v) is 5.47. The lowest BCUT2D eigenvalue weighted by Crippen LogP contribution is -2.43. The van der Waals surface area contributed by atoms with Gasteiger partial charge in [0.05, 0.1) is 7.11 Å². The number of rotatable bonds is 4. The van der Waals surface area contributed by atoms with Crippen molar-refractivity contribution >= 4 is 11.6 Å². The van der Waals surface area contributed by atoms with E-state index in [1.165, 1.54) is 20.0 Å². The summed E-state index contributed by atoms with van der Waals surface area (Å²) < 4.78 is 5.13. The SMILES string of the molecule is COc1cc(Cl)cc(CN(C)C2CCCNC2)c1O. The van der Waals surface area contributed by atoms with Crippen molar-refractivity contribution in [3.05, 3.63) is 22.7 Å². The number of methoxy groups -OCH3 is 1. The van der Waals surface area contributed by atoms with E-state index in [9.17, 15) is 5.11 Å². The van der Waals surface area contributed by atoms with E-state index < -0.39 is 0 Å². The lowest BCUT2D eigenvalue weighted by Gasteiger charge is -2.32. The van der Waals surface area contributed by atoms with E-state index in [0.717, 1.165) is 18.7 Å². The summed E-state index contributed by atoms with van der Waals surface area (Å²) in [4.78, 5) is 2.25. The highest BCUT2D eigenvalue weighted by atomic mass is 35.5. The fourth-order valence-electron chi connectivity index (χ4n) is 2.51. The van der Waals surface area contributed by atoms with Gasteiger partial charge >= 0.3 is 0 Å². The first kappa shape index (κ1) is 14.4. The van der Waals surface area contributed by atoms with Crippen LogP contribution in [0.5, 0.6) is 11.5 Å². The summed E-state index contributed by atoms with van der Waals surface area (Å²) in [7, 11) is 3.61. The van der Waals surface area contributed by atoms with Gasteiger partial charge in [0.1, 0.15) is 0 Å². The van der Waals surface area contributed by atoms with Gasteiger partial charge < -0.3 is 15.2 Å². The lowest BCUT2D eigenvalue weighted by atomic mass is 10.1. The molecule has 1 aromatic rings. The number of halogens is 1. The van der Waals surface area contributed by atoms with Crippen LogP contribution in [0.25, 0.3) is 0 Å². The second-order valence-electron chi connectivity index (χ2n) is 5.03. The van der Waals surface area contributed by atoms with Crippen LogP contribution in [0, 0.1) is 0 Å². The molecule has 0 saturated carbocycles. The molecule has 5 heteroatoms. The van der Waals surface area contributed by atoms with E-state index in [2.05, 4.69) is 17.3 Å². The molecule has 0 aliphatic carbocycles. The molecule has 0 radical (unpaired) electrons. The van der Waals surface area contributed by atoms with Crippen molar-refractivity contribution in [1.29, 1.82) is 0 Å². The van der Waals surface area contributed by atoms with Gasteiger partial charge in [0, 0.05) is 35.8 Å². The van der Waals surface area contributed by atoms with Gasteiger partial charge in [-0.3, -0.25) is 4.90 Å². The van der Waals surface area contributed by atoms with Crippen LogP contribution >= 0.6 is 11.6 Å². The van der Waals surface area contributed by atoms with Crippen molar-refractivity contribution in [2.45, 2.75) is 25.4 Å². The van der Waals surface area contributed by atoms with Gasteiger partial charge in [-0.25, -0.2) is 0 Å². The standard InChI is InChI=1S/C14H21ClN2O2/c1-17(12-4-3-5-16-8-12)9-10-6-11(15)7-13(19-2)14(10)18/h6-7,12,16,18H,3-5,8-9H2,1-2H3. The summed E-state index contributed by atoms with van der Waals surface area (Å²) in [6.07, 6.45) is 2.38. The average molecular weight is 285 g/mol. The predicted octanol–water partition coefficient (Wildman–Crippen LogP) is 2.24. The lowest BCUT2D eigenvalue weighted by molar-refractivity contribution is 0.193. The van der Waals surface area contributed by atoms with Crippen LogP contribution in [0.1, 0.15) is 18.4 Å². The number of ether oxygens (including phenoxy) is 1. The number of aromatic hydroxyl groups is 1. The fraction of sp³-hybridized carbons (Fsp3) is 0.571. The molecule has 2 N–H and O–H groups in total. The van der Waals surface area contributed by atoms with Crippen molar-refractivity contribution in [2.24, 2.45) is 0 Å². The Morgan fingerprint density at radius 3 is 2.95 bits per heavy atom. The summed E-state index contributed by atoms with van der Waals surface area (Å²) in [5, 5.41) is 14.1. The highest BCUT2D eigenvalue weighted by Crippen LogP contribution is 2.34. The number of phenolic OH excluding ortho intramolecular Hbond substituents is 1. The quantitative estimate of drug-likeness (QED) is 0.890. The van der Waals surface area contributed by atoms with Gasteiger partial charge in [0.15, 0.2) is 11.5 Å². The minimum Gasteiger partial charge on any atom is -0.504 e. The van der Waals surface area contributed by atoms with E-state index in [1.807, 2.05) is 0 Å². The Kier molecular flexibility index (Phi) is 4.91. The van der Waals surface area contributed by atoms with Crippen molar-refractivity contribution < 1.29 is 9.84 Å². The maximum atomic E-state index is 10.1. The fourth-order valence-corrected chi connectivity index (χ4v) is 2.74. The first-order chi connectivity index (χ1) is 9.11. The Morgan fingerprint density at radius 1 is 1.53 bits per heavy atom. The number of likely N-dealkylation sites (N-methyl/N-ethyl adjacent to an activating group) is 1. The Balaban J connectivity index is 2.11. The highest BCUT2D eigenvalue weighted by molar-refractivity contribution is 6.30. The third kappa shape index (κ3) is 3.53. The molecule has 1 heterocycles. The first-order valence-corrected chi connectivity index (χ1v) is 6.96. The van der Waals surface area contributed by atoms with Crippen LogP contribution in [0.4, 0.5) is 0 Å². The van der Waals surface area contributed by atoms with Gasteiger partial charge in [0.25, 0.3) is 0 Å². The van der Waals surface area contributed by atoms with Crippen LogP contribution in [-0.4, -0.2) is 43.3 Å². The van der Waals surface area contributed by atoms with E-state index in [4.69, 9.17) is 16.3 Å². The summed E-state index contributed by atoms with van der Waals surface area (Å²) in [6.45, 7) is 2.75. The smallest absolute Gasteiger partial charge is 0.162 e. The zero-order chi connectivity index (χ0) is 13.8. The minimum atomic E-state index is 0.183. The number of piperidine rings is 1. The van der Waals surface area contributed by atoms with Crippen molar-refractivity contribution in [1.82, 2.24) is 10.2 Å². The summed E-state index contributed by atoms with van der Waals surface area (Å²) >= 11 is 6.05. The second kappa shape index (κ2) is 6.46. The molecule has 4 nitrogen and oxygen atoms in total. The minimum absolute atomic E-state index is 0.183. The maximum Gasteiger partial charge on any atom is 0.162 e. The molecule has 0 amide bonds. The van der Waals surface area contributed by atoms with Crippen LogP contribution < -0.4 is 10.1 Å². The Bertz CT molecular complexity index is 434. The largest absolute Gasteiger partial charge is 0.504 e. The van der Waals surface area contributed by atoms with E-state index >= 15 is 0 Å². The van der Waals surface area contributed by atoms with Crippen molar-refractivity contribution in [3.8, 4) is 11.5 Å². The molecule has 19 heavy (non-hydrogen) atoms. The first-order valence-electron chi connectivity index (χ1n) is 6.58. The molecular weight excluding hydrogens is 264 g/mol. The number of benzene rings is 1. The summed E-state index contributed by atoms with van der Waals surface area (Å²) in [6, 6.07) is 3.92. The molecule has 1 aromatic carbocycles. The third-order valence-electron chi connectivity index (χ3n) is 3.65. The third-order valence-corrected chi connectivity index (χ3v) is 3.87. The van der Waals surface area contributed by atoms with Gasteiger partial charge in [-0.05, 0) is 32.5 Å². The van der Waals surface area contributed by atoms with Crippen LogP contribution in [0.15, 0.2) is 12.1 Å². The molecule has 1 fully saturated rings. The molecule has 1 atom stereocenters. The highest BCUT2D eigenvalue weighted by Gasteiger charge is 2.19. The Morgan fingerprint density at radius 2 is 2.32 bits per heavy atom. The van der Waals surface area contributed by atoms with Crippen molar-refractivity contribution in [3.63, 3.8) is 0 Å². The zero-order valence-electron chi connectivity index (χ0n) is 11.4. The van der Waals surface area contributed by atoms with Gasteiger partial charge in [-0.2, -0.15) is 0 Å². The van der Waals surface area contributed by atoms with Gasteiger partial charge in [-0.1, -0.05) is 11.6 Å². The molecule has 0 bridgehead atoms. The van der Waals surface area contributed by atoms with Gasteiger partial charge in [-0.15, -0.1) is 0 Å². The maximum absolute atomic E-state index is 10.1. The molecule has 2 rings (SSSR count). The molecule has 1 saturated heterocycles. The van der Waals surface area contributed by atoms with Gasteiger partial charge in [0.2, 0.25) is 0 Å². The van der Waals surface area contributed by atoms with Crippen LogP contribution in [-0.2, 0) is 6.54 Å². The molecule has 0 aromatic heterocycles. The summed E-state index contributed by atoms with van der Waals surface area (Å²) in [5.41, 5.74) is 0.803.